The van der Waals surface area contributed by atoms with E-state index in [0.717, 1.165) is 24.4 Å². The zero-order valence-corrected chi connectivity index (χ0v) is 15.1. The molecule has 0 radical (unpaired) electrons. The van der Waals surface area contributed by atoms with Crippen LogP contribution in [0.3, 0.4) is 0 Å². The summed E-state index contributed by atoms with van der Waals surface area (Å²) in [4.78, 5) is 15.8. The van der Waals surface area contributed by atoms with Crippen molar-refractivity contribution in [3.63, 3.8) is 0 Å². The molecule has 1 aromatic carbocycles. The number of benzene rings is 1. The Morgan fingerprint density at radius 1 is 1.12 bits per heavy atom. The number of furan rings is 1. The molecule has 2 heterocycles. The first kappa shape index (κ1) is 17.5. The number of rotatable bonds is 8. The molecule has 0 saturated heterocycles. The zero-order chi connectivity index (χ0) is 17.5. The van der Waals surface area contributed by atoms with Crippen LogP contribution in [0.25, 0.3) is 0 Å². The molecule has 0 spiro atoms. The summed E-state index contributed by atoms with van der Waals surface area (Å²) in [6.45, 7) is 3.76. The Balaban J connectivity index is 1.62. The second kappa shape index (κ2) is 8.65. The second-order valence-electron chi connectivity index (χ2n) is 5.90. The highest BCUT2D eigenvalue weighted by atomic mass is 32.1. The number of carbonyl (C=O) groups excluding carboxylic acids is 1. The molecule has 2 aromatic heterocycles. The Labute approximate surface area is 152 Å². The highest BCUT2D eigenvalue weighted by Crippen LogP contribution is 2.15. The van der Waals surface area contributed by atoms with Gasteiger partial charge in [0.25, 0.3) is 0 Å². The molecule has 1 amide bonds. The van der Waals surface area contributed by atoms with Crippen LogP contribution in [-0.2, 0) is 24.3 Å². The van der Waals surface area contributed by atoms with Crippen LogP contribution >= 0.6 is 11.3 Å². The van der Waals surface area contributed by atoms with E-state index in [9.17, 15) is 4.79 Å². The second-order valence-corrected chi connectivity index (χ2v) is 6.93. The Kier molecular flexibility index (Phi) is 6.04. The largest absolute Gasteiger partial charge is 0.468 e. The van der Waals surface area contributed by atoms with E-state index in [-0.39, 0.29) is 5.91 Å². The number of nitrogens with zero attached hydrogens (tertiary/aromatic N) is 1. The molecular formula is C20H22N2O2S. The summed E-state index contributed by atoms with van der Waals surface area (Å²) < 4.78 is 5.44. The summed E-state index contributed by atoms with van der Waals surface area (Å²) in [6.07, 6.45) is 2.65. The summed E-state index contributed by atoms with van der Waals surface area (Å²) in [5.74, 6) is 0.837. The van der Waals surface area contributed by atoms with Crippen LogP contribution in [0.1, 0.15) is 23.1 Å². The van der Waals surface area contributed by atoms with Crippen molar-refractivity contribution in [3.8, 4) is 0 Å². The molecule has 25 heavy (non-hydrogen) atoms. The lowest BCUT2D eigenvalue weighted by Crippen LogP contribution is -2.32. The van der Waals surface area contributed by atoms with E-state index >= 15 is 0 Å². The topological polar surface area (TPSA) is 45.5 Å². The maximum Gasteiger partial charge on any atom is 0.238 e. The molecule has 0 aliphatic heterocycles. The van der Waals surface area contributed by atoms with Gasteiger partial charge in [0.15, 0.2) is 0 Å². The van der Waals surface area contributed by atoms with Crippen molar-refractivity contribution in [1.29, 1.82) is 0 Å². The minimum absolute atomic E-state index is 0.0210. The van der Waals surface area contributed by atoms with Crippen LogP contribution in [0.2, 0.25) is 0 Å². The third kappa shape index (κ3) is 5.31. The van der Waals surface area contributed by atoms with E-state index < -0.39 is 0 Å². The Morgan fingerprint density at radius 3 is 2.60 bits per heavy atom. The molecule has 0 bridgehead atoms. The quantitative estimate of drug-likeness (QED) is 0.646. The minimum Gasteiger partial charge on any atom is -0.468 e. The Bertz CT molecular complexity index is 728. The third-order valence-corrected chi connectivity index (χ3v) is 4.79. The number of amides is 1. The van der Waals surface area contributed by atoms with Gasteiger partial charge in [0, 0.05) is 17.1 Å². The summed E-state index contributed by atoms with van der Waals surface area (Å²) in [7, 11) is 0. The van der Waals surface area contributed by atoms with Gasteiger partial charge < -0.3 is 9.73 Å². The van der Waals surface area contributed by atoms with Gasteiger partial charge in [-0.05, 0) is 47.7 Å². The molecule has 0 unspecified atom stereocenters. The van der Waals surface area contributed by atoms with Gasteiger partial charge in [-0.3, -0.25) is 9.69 Å². The van der Waals surface area contributed by atoms with Gasteiger partial charge in [-0.2, -0.15) is 0 Å². The predicted octanol–water partition coefficient (Wildman–Crippen LogP) is 4.54. The van der Waals surface area contributed by atoms with Crippen molar-refractivity contribution in [1.82, 2.24) is 4.90 Å². The maximum atomic E-state index is 12.5. The highest BCUT2D eigenvalue weighted by Gasteiger charge is 2.14. The molecule has 3 aromatic rings. The molecule has 0 atom stereocenters. The van der Waals surface area contributed by atoms with Crippen LogP contribution in [0.5, 0.6) is 0 Å². The molecule has 4 nitrogen and oxygen atoms in total. The van der Waals surface area contributed by atoms with Crippen molar-refractivity contribution in [2.75, 3.05) is 11.9 Å². The number of anilines is 1. The van der Waals surface area contributed by atoms with Crippen molar-refractivity contribution in [2.45, 2.75) is 26.4 Å². The lowest BCUT2D eigenvalue weighted by molar-refractivity contribution is -0.117. The molecule has 0 fully saturated rings. The fourth-order valence-corrected chi connectivity index (χ4v) is 3.39. The van der Waals surface area contributed by atoms with Gasteiger partial charge >= 0.3 is 0 Å². The van der Waals surface area contributed by atoms with Crippen LogP contribution in [0.4, 0.5) is 5.69 Å². The molecule has 5 heteroatoms. The summed E-state index contributed by atoms with van der Waals surface area (Å²) >= 11 is 1.70. The van der Waals surface area contributed by atoms with Gasteiger partial charge in [0.05, 0.1) is 19.4 Å². The zero-order valence-electron chi connectivity index (χ0n) is 14.3. The van der Waals surface area contributed by atoms with E-state index in [1.807, 2.05) is 42.5 Å². The minimum atomic E-state index is -0.0210. The third-order valence-electron chi connectivity index (χ3n) is 3.93. The van der Waals surface area contributed by atoms with Gasteiger partial charge in [-0.1, -0.05) is 25.1 Å². The van der Waals surface area contributed by atoms with E-state index in [1.54, 1.807) is 17.6 Å². The van der Waals surface area contributed by atoms with E-state index in [4.69, 9.17) is 4.42 Å². The number of hydrogen-bond acceptors (Lipinski definition) is 4. The first-order chi connectivity index (χ1) is 12.2. The van der Waals surface area contributed by atoms with Crippen molar-refractivity contribution in [3.05, 3.63) is 76.4 Å². The van der Waals surface area contributed by atoms with Crippen molar-refractivity contribution in [2.24, 2.45) is 0 Å². The van der Waals surface area contributed by atoms with Gasteiger partial charge in [0.2, 0.25) is 5.91 Å². The highest BCUT2D eigenvalue weighted by molar-refractivity contribution is 7.09. The van der Waals surface area contributed by atoms with Gasteiger partial charge in [-0.25, -0.2) is 0 Å². The van der Waals surface area contributed by atoms with Gasteiger partial charge in [-0.15, -0.1) is 11.3 Å². The van der Waals surface area contributed by atoms with Crippen molar-refractivity contribution >= 4 is 22.9 Å². The maximum absolute atomic E-state index is 12.5. The number of nitrogens with one attached hydrogen (secondary N) is 1. The predicted molar refractivity (Wildman–Crippen MR) is 102 cm³/mol. The lowest BCUT2D eigenvalue weighted by Gasteiger charge is -2.20. The normalized spacial score (nSPS) is 11.0. The number of hydrogen-bond donors (Lipinski definition) is 1. The van der Waals surface area contributed by atoms with E-state index in [0.29, 0.717) is 13.1 Å². The fourth-order valence-electron chi connectivity index (χ4n) is 2.64. The molecule has 0 saturated carbocycles. The van der Waals surface area contributed by atoms with E-state index in [2.05, 4.69) is 28.6 Å². The molecule has 0 aliphatic carbocycles. The van der Waals surface area contributed by atoms with Crippen LogP contribution in [0.15, 0.2) is 64.6 Å². The first-order valence-electron chi connectivity index (χ1n) is 8.39. The monoisotopic (exact) mass is 354 g/mol. The molecule has 0 aliphatic rings. The molecule has 3 rings (SSSR count). The average Bonchev–Trinajstić information content (AvgIpc) is 3.29. The van der Waals surface area contributed by atoms with Crippen LogP contribution in [-0.4, -0.2) is 17.4 Å². The SMILES string of the molecule is CCc1ccc(NC(=O)CN(Cc2ccco2)Cc2cccs2)cc1. The number of aryl methyl sites for hydroxylation is 1. The van der Waals surface area contributed by atoms with Crippen molar-refractivity contribution < 1.29 is 9.21 Å². The summed E-state index contributed by atoms with van der Waals surface area (Å²) in [5.41, 5.74) is 2.09. The number of carbonyl (C=O) groups is 1. The Hall–Kier alpha value is -2.37. The number of thiophene rings is 1. The lowest BCUT2D eigenvalue weighted by atomic mass is 10.1. The average molecular weight is 354 g/mol. The fraction of sp³-hybridized carbons (Fsp3) is 0.250. The van der Waals surface area contributed by atoms with Gasteiger partial charge in [0.1, 0.15) is 5.76 Å². The first-order valence-corrected chi connectivity index (χ1v) is 9.27. The summed E-state index contributed by atoms with van der Waals surface area (Å²) in [6, 6.07) is 15.9. The van der Waals surface area contributed by atoms with Crippen LogP contribution < -0.4 is 5.32 Å². The van der Waals surface area contributed by atoms with Crippen LogP contribution in [0, 0.1) is 0 Å². The van der Waals surface area contributed by atoms with E-state index in [1.165, 1.54) is 10.4 Å². The molecule has 130 valence electrons. The standard InChI is InChI=1S/C20H22N2O2S/c1-2-16-7-9-17(10-8-16)21-20(23)15-22(13-18-5-3-11-24-18)14-19-6-4-12-25-19/h3-12H,2,13-15H2,1H3,(H,21,23). The summed E-state index contributed by atoms with van der Waals surface area (Å²) in [5, 5.41) is 5.03. The molecular weight excluding hydrogens is 332 g/mol. The molecule has 1 N–H and O–H groups in total. The smallest absolute Gasteiger partial charge is 0.238 e. The Morgan fingerprint density at radius 2 is 1.96 bits per heavy atom.